The molecule has 0 aliphatic heterocycles. The third kappa shape index (κ3) is 8.90. The normalized spacial score (nSPS) is 10.3. The molecule has 0 amide bonds. The zero-order valence-corrected chi connectivity index (χ0v) is 13.9. The first kappa shape index (κ1) is 19.8. The van der Waals surface area contributed by atoms with Crippen LogP contribution in [0.5, 0.6) is 0 Å². The summed E-state index contributed by atoms with van der Waals surface area (Å²) in [6.07, 6.45) is 1.82. The van der Waals surface area contributed by atoms with Gasteiger partial charge in [-0.25, -0.2) is 4.79 Å². The summed E-state index contributed by atoms with van der Waals surface area (Å²) >= 11 is 0. The number of hydrogen-bond acceptors (Lipinski definition) is 8. The average Bonchev–Trinajstić information content (AvgIpc) is 2.35. The van der Waals surface area contributed by atoms with Gasteiger partial charge in [0.25, 0.3) is 17.9 Å². The van der Waals surface area contributed by atoms with E-state index in [9.17, 15) is 19.2 Å². The molecule has 0 rings (SSSR count). The van der Waals surface area contributed by atoms with Gasteiger partial charge in [-0.3, -0.25) is 14.4 Å². The van der Waals surface area contributed by atoms with Gasteiger partial charge < -0.3 is 18.0 Å². The summed E-state index contributed by atoms with van der Waals surface area (Å²) in [6, 6.07) is 0.0530. The summed E-state index contributed by atoms with van der Waals surface area (Å²) in [5, 5.41) is 0. The van der Waals surface area contributed by atoms with E-state index in [1.165, 1.54) is 0 Å². The molecular formula is C13H20O8Si. The number of esters is 1. The van der Waals surface area contributed by atoms with Gasteiger partial charge in [0.15, 0.2) is 0 Å². The molecule has 22 heavy (non-hydrogen) atoms. The second kappa shape index (κ2) is 9.72. The Morgan fingerprint density at radius 2 is 1.36 bits per heavy atom. The summed E-state index contributed by atoms with van der Waals surface area (Å²) < 4.78 is 19.8. The van der Waals surface area contributed by atoms with Crippen molar-refractivity contribution in [3.8, 4) is 0 Å². The highest BCUT2D eigenvalue weighted by Gasteiger charge is 2.51. The first-order valence-corrected chi connectivity index (χ1v) is 8.52. The van der Waals surface area contributed by atoms with Gasteiger partial charge in [-0.05, 0) is 12.8 Å². The molecule has 0 bridgehead atoms. The Balaban J connectivity index is 4.70. The number of ether oxygens (including phenoxy) is 1. The molecule has 0 N–H and O–H groups in total. The molecular weight excluding hydrogens is 312 g/mol. The van der Waals surface area contributed by atoms with Crippen LogP contribution in [0.2, 0.25) is 6.04 Å². The number of carbonyl (C=O) groups excluding carboxylic acids is 4. The molecule has 8 nitrogen and oxygen atoms in total. The van der Waals surface area contributed by atoms with Gasteiger partial charge in [-0.2, -0.15) is 0 Å². The van der Waals surface area contributed by atoms with Crippen molar-refractivity contribution in [2.24, 2.45) is 0 Å². The molecule has 0 aromatic rings. The lowest BCUT2D eigenvalue weighted by atomic mass is 10.4. The molecule has 0 spiro atoms. The van der Waals surface area contributed by atoms with Crippen molar-refractivity contribution in [2.45, 2.75) is 39.7 Å². The predicted octanol–water partition coefficient (Wildman–Crippen LogP) is 1.12. The third-order valence-electron chi connectivity index (χ3n) is 2.19. The van der Waals surface area contributed by atoms with Crippen LogP contribution in [0.3, 0.4) is 0 Å². The van der Waals surface area contributed by atoms with Crippen LogP contribution in [0.15, 0.2) is 12.7 Å². The van der Waals surface area contributed by atoms with E-state index in [4.69, 9.17) is 18.0 Å². The minimum atomic E-state index is -3.78. The molecule has 0 aromatic carbocycles. The van der Waals surface area contributed by atoms with Crippen LogP contribution in [0.4, 0.5) is 0 Å². The maximum Gasteiger partial charge on any atom is 0.705 e. The van der Waals surface area contributed by atoms with Gasteiger partial charge in [0.05, 0.1) is 12.7 Å². The zero-order valence-electron chi connectivity index (χ0n) is 12.9. The number of unbranched alkanes of at least 4 members (excludes halogenated alkanes) is 1. The largest absolute Gasteiger partial charge is 0.705 e. The quantitative estimate of drug-likeness (QED) is 0.268. The van der Waals surface area contributed by atoms with Gasteiger partial charge >= 0.3 is 14.8 Å². The lowest BCUT2D eigenvalue weighted by Crippen LogP contribution is -2.49. The molecule has 0 fully saturated rings. The van der Waals surface area contributed by atoms with E-state index in [1.54, 1.807) is 0 Å². The maximum atomic E-state index is 11.2. The first-order valence-electron chi connectivity index (χ1n) is 6.58. The van der Waals surface area contributed by atoms with Gasteiger partial charge in [-0.15, -0.1) is 0 Å². The molecule has 124 valence electrons. The minimum absolute atomic E-state index is 0.0530. The van der Waals surface area contributed by atoms with Crippen molar-refractivity contribution < 1.29 is 37.2 Å². The van der Waals surface area contributed by atoms with Crippen LogP contribution in [0, 0.1) is 0 Å². The van der Waals surface area contributed by atoms with Crippen molar-refractivity contribution in [1.29, 1.82) is 0 Å². The Kier molecular flexibility index (Phi) is 8.76. The fraction of sp³-hybridized carbons (Fsp3) is 0.538. The standard InChI is InChI=1S/C13H20O8Si/c1-5-13(17)18-8-6-7-9-22(19-10(2)14,20-11(3)15)21-12(4)16/h5H,1,6-9H2,2-4H3. The Hall–Kier alpha value is -2.16. The summed E-state index contributed by atoms with van der Waals surface area (Å²) in [6.45, 7) is 6.75. The topological polar surface area (TPSA) is 105 Å². The van der Waals surface area contributed by atoms with Crippen molar-refractivity contribution in [1.82, 2.24) is 0 Å². The van der Waals surface area contributed by atoms with Crippen LogP contribution >= 0.6 is 0 Å². The van der Waals surface area contributed by atoms with E-state index in [-0.39, 0.29) is 12.7 Å². The van der Waals surface area contributed by atoms with Crippen molar-refractivity contribution in [3.05, 3.63) is 12.7 Å². The predicted molar refractivity (Wildman–Crippen MR) is 76.2 cm³/mol. The van der Waals surface area contributed by atoms with Crippen LogP contribution in [0.25, 0.3) is 0 Å². The van der Waals surface area contributed by atoms with E-state index in [1.807, 2.05) is 0 Å². The maximum absolute atomic E-state index is 11.2. The molecule has 0 aromatic heterocycles. The van der Waals surface area contributed by atoms with Crippen LogP contribution in [0.1, 0.15) is 33.6 Å². The van der Waals surface area contributed by atoms with E-state index < -0.39 is 32.7 Å². The first-order chi connectivity index (χ1) is 10.2. The lowest BCUT2D eigenvalue weighted by Gasteiger charge is -2.26. The molecule has 0 radical (unpaired) electrons. The molecule has 0 heterocycles. The van der Waals surface area contributed by atoms with Gasteiger partial charge in [0.2, 0.25) is 0 Å². The van der Waals surface area contributed by atoms with Crippen molar-refractivity contribution in [2.75, 3.05) is 6.61 Å². The number of hydrogen-bond donors (Lipinski definition) is 0. The zero-order chi connectivity index (χ0) is 17.2. The minimum Gasteiger partial charge on any atom is -0.463 e. The molecule has 0 saturated heterocycles. The number of rotatable bonds is 9. The summed E-state index contributed by atoms with van der Waals surface area (Å²) in [7, 11) is -3.78. The molecule has 0 atom stereocenters. The summed E-state index contributed by atoms with van der Waals surface area (Å²) in [5.41, 5.74) is 0. The smallest absolute Gasteiger partial charge is 0.463 e. The fourth-order valence-corrected chi connectivity index (χ4v) is 3.98. The monoisotopic (exact) mass is 332 g/mol. The average molecular weight is 332 g/mol. The second-order valence-electron chi connectivity index (χ2n) is 4.29. The van der Waals surface area contributed by atoms with Gasteiger partial charge in [0, 0.05) is 26.8 Å². The van der Waals surface area contributed by atoms with Crippen LogP contribution in [-0.4, -0.2) is 39.3 Å². The molecule has 0 aliphatic rings. The Labute approximate surface area is 129 Å². The van der Waals surface area contributed by atoms with E-state index in [2.05, 4.69) is 6.58 Å². The van der Waals surface area contributed by atoms with E-state index in [0.29, 0.717) is 12.8 Å². The van der Waals surface area contributed by atoms with Crippen molar-refractivity contribution >= 4 is 32.7 Å². The molecule has 9 heteroatoms. The Bertz CT molecular complexity index is 405. The number of carbonyl (C=O) groups is 4. The summed E-state index contributed by atoms with van der Waals surface area (Å²) in [5.74, 6) is -2.70. The Morgan fingerprint density at radius 1 is 0.909 bits per heavy atom. The van der Waals surface area contributed by atoms with Crippen LogP contribution in [-0.2, 0) is 37.2 Å². The highest BCUT2D eigenvalue weighted by molar-refractivity contribution is 6.65. The van der Waals surface area contributed by atoms with Crippen molar-refractivity contribution in [3.63, 3.8) is 0 Å². The van der Waals surface area contributed by atoms with Crippen LogP contribution < -0.4 is 0 Å². The van der Waals surface area contributed by atoms with Gasteiger partial charge in [-0.1, -0.05) is 6.58 Å². The Morgan fingerprint density at radius 3 is 1.73 bits per heavy atom. The highest BCUT2D eigenvalue weighted by atomic mass is 28.4. The summed E-state index contributed by atoms with van der Waals surface area (Å²) in [4.78, 5) is 44.4. The lowest BCUT2D eigenvalue weighted by molar-refractivity contribution is -0.147. The highest BCUT2D eigenvalue weighted by Crippen LogP contribution is 2.20. The van der Waals surface area contributed by atoms with E-state index in [0.717, 1.165) is 26.8 Å². The molecule has 0 unspecified atom stereocenters. The molecule has 0 aliphatic carbocycles. The second-order valence-corrected chi connectivity index (χ2v) is 6.77. The van der Waals surface area contributed by atoms with E-state index >= 15 is 0 Å². The SMILES string of the molecule is C=CC(=O)OCCCC[Si](OC(C)=O)(OC(C)=O)OC(C)=O. The fourth-order valence-electron chi connectivity index (χ4n) is 1.55. The molecule has 0 saturated carbocycles. The third-order valence-corrected chi connectivity index (χ3v) is 4.95. The van der Waals surface area contributed by atoms with Gasteiger partial charge in [0.1, 0.15) is 0 Å².